The highest BCUT2D eigenvalue weighted by molar-refractivity contribution is 5.83. The average Bonchev–Trinajstić information content (AvgIpc) is 2.95. The summed E-state index contributed by atoms with van der Waals surface area (Å²) >= 11 is 0. The van der Waals surface area contributed by atoms with E-state index in [1.54, 1.807) is 6.92 Å². The molecule has 110 valence electrons. The number of β-amino-alcohol motifs (C(OH)–C–C–N with tert-alkyl or cyclic N) is 1. The maximum absolute atomic E-state index is 11.9. The SMILES string of the molecule is Cc1nc(CCNC(=O)N2C[C@H](O)C[C@@H]2C(=O)O)no1. The fraction of sp³-hybridized carbons (Fsp3) is 0.636. The lowest BCUT2D eigenvalue weighted by molar-refractivity contribution is -0.141. The number of amides is 2. The molecule has 1 saturated heterocycles. The normalized spacial score (nSPS) is 22.0. The van der Waals surface area contributed by atoms with E-state index >= 15 is 0 Å². The van der Waals surface area contributed by atoms with Crippen molar-refractivity contribution in [1.82, 2.24) is 20.4 Å². The van der Waals surface area contributed by atoms with Crippen molar-refractivity contribution in [2.24, 2.45) is 0 Å². The van der Waals surface area contributed by atoms with Gasteiger partial charge in [-0.25, -0.2) is 9.59 Å². The summed E-state index contributed by atoms with van der Waals surface area (Å²) in [6.07, 6.45) is -0.369. The van der Waals surface area contributed by atoms with E-state index in [-0.39, 0.29) is 19.5 Å². The van der Waals surface area contributed by atoms with Gasteiger partial charge < -0.3 is 25.0 Å². The van der Waals surface area contributed by atoms with Crippen LogP contribution >= 0.6 is 0 Å². The van der Waals surface area contributed by atoms with Crippen molar-refractivity contribution in [1.29, 1.82) is 0 Å². The van der Waals surface area contributed by atoms with Gasteiger partial charge in [0.25, 0.3) is 0 Å². The first-order chi connectivity index (χ1) is 9.47. The third kappa shape index (κ3) is 3.23. The van der Waals surface area contributed by atoms with E-state index in [4.69, 9.17) is 9.63 Å². The number of carbonyl (C=O) groups is 2. The molecule has 1 aromatic heterocycles. The number of nitrogens with one attached hydrogen (secondary N) is 1. The summed E-state index contributed by atoms with van der Waals surface area (Å²) in [5, 5.41) is 24.7. The largest absolute Gasteiger partial charge is 0.480 e. The first-order valence-electron chi connectivity index (χ1n) is 6.22. The second kappa shape index (κ2) is 5.87. The van der Waals surface area contributed by atoms with Crippen LogP contribution in [0.25, 0.3) is 0 Å². The van der Waals surface area contributed by atoms with Gasteiger partial charge in [0, 0.05) is 32.9 Å². The van der Waals surface area contributed by atoms with Gasteiger partial charge >= 0.3 is 12.0 Å². The molecule has 2 rings (SSSR count). The Bertz CT molecular complexity index is 503. The van der Waals surface area contributed by atoms with Crippen LogP contribution < -0.4 is 5.32 Å². The van der Waals surface area contributed by atoms with Crippen molar-refractivity contribution in [3.8, 4) is 0 Å². The van der Waals surface area contributed by atoms with Crippen LogP contribution in [-0.2, 0) is 11.2 Å². The van der Waals surface area contributed by atoms with E-state index in [0.717, 1.165) is 4.90 Å². The van der Waals surface area contributed by atoms with E-state index in [1.807, 2.05) is 0 Å². The Morgan fingerprint density at radius 1 is 1.55 bits per heavy atom. The van der Waals surface area contributed by atoms with Gasteiger partial charge in [0.2, 0.25) is 5.89 Å². The second-order valence-corrected chi connectivity index (χ2v) is 4.61. The summed E-state index contributed by atoms with van der Waals surface area (Å²) in [7, 11) is 0. The summed E-state index contributed by atoms with van der Waals surface area (Å²) in [6.45, 7) is 1.94. The predicted octanol–water partition coefficient (Wildman–Crippen LogP) is -0.850. The fourth-order valence-electron chi connectivity index (χ4n) is 2.10. The number of nitrogens with zero attached hydrogens (tertiary/aromatic N) is 3. The van der Waals surface area contributed by atoms with E-state index in [0.29, 0.717) is 18.1 Å². The van der Waals surface area contributed by atoms with Crippen molar-refractivity contribution in [3.63, 3.8) is 0 Å². The smallest absolute Gasteiger partial charge is 0.326 e. The van der Waals surface area contributed by atoms with Gasteiger partial charge in [0.15, 0.2) is 5.82 Å². The molecule has 3 N–H and O–H groups in total. The topological polar surface area (TPSA) is 129 Å². The Kier molecular flexibility index (Phi) is 4.18. The van der Waals surface area contributed by atoms with Gasteiger partial charge in [-0.2, -0.15) is 4.98 Å². The third-order valence-corrected chi connectivity index (χ3v) is 3.02. The molecule has 1 fully saturated rings. The van der Waals surface area contributed by atoms with E-state index in [1.165, 1.54) is 0 Å². The zero-order valence-electron chi connectivity index (χ0n) is 10.9. The van der Waals surface area contributed by atoms with Crippen LogP contribution in [0.2, 0.25) is 0 Å². The molecule has 0 bridgehead atoms. The first kappa shape index (κ1) is 14.3. The lowest BCUT2D eigenvalue weighted by Gasteiger charge is -2.21. The summed E-state index contributed by atoms with van der Waals surface area (Å²) in [4.78, 5) is 28.0. The standard InChI is InChI=1S/C11H16N4O5/c1-6-13-9(14-20-6)2-3-12-11(19)15-5-7(16)4-8(15)10(17)18/h7-8,16H,2-5H2,1H3,(H,12,19)(H,17,18)/t7-,8-/m1/s1. The molecule has 9 nitrogen and oxygen atoms in total. The average molecular weight is 284 g/mol. The van der Waals surface area contributed by atoms with Crippen LogP contribution in [0.5, 0.6) is 0 Å². The second-order valence-electron chi connectivity index (χ2n) is 4.61. The van der Waals surface area contributed by atoms with Gasteiger partial charge in [-0.1, -0.05) is 5.16 Å². The quantitative estimate of drug-likeness (QED) is 0.656. The molecule has 1 aromatic rings. The zero-order chi connectivity index (χ0) is 14.7. The number of urea groups is 1. The zero-order valence-corrected chi connectivity index (χ0v) is 10.9. The van der Waals surface area contributed by atoms with Gasteiger partial charge in [0.1, 0.15) is 6.04 Å². The minimum atomic E-state index is -1.12. The predicted molar refractivity (Wildman–Crippen MR) is 64.9 cm³/mol. The van der Waals surface area contributed by atoms with Crippen LogP contribution in [0.1, 0.15) is 18.1 Å². The van der Waals surface area contributed by atoms with Crippen LogP contribution in [0, 0.1) is 6.92 Å². The fourth-order valence-corrected chi connectivity index (χ4v) is 2.10. The molecule has 0 spiro atoms. The lowest BCUT2D eigenvalue weighted by atomic mass is 10.2. The first-order valence-corrected chi connectivity index (χ1v) is 6.22. The van der Waals surface area contributed by atoms with Gasteiger partial charge in [-0.3, -0.25) is 0 Å². The van der Waals surface area contributed by atoms with Crippen LogP contribution in [0.3, 0.4) is 0 Å². The number of rotatable bonds is 4. The van der Waals surface area contributed by atoms with Crippen LogP contribution in [0.4, 0.5) is 4.79 Å². The minimum absolute atomic E-state index is 0.0180. The minimum Gasteiger partial charge on any atom is -0.480 e. The summed E-state index contributed by atoms with van der Waals surface area (Å²) in [5.41, 5.74) is 0. The van der Waals surface area contributed by atoms with Gasteiger partial charge in [0.05, 0.1) is 6.10 Å². The van der Waals surface area contributed by atoms with Crippen LogP contribution in [0.15, 0.2) is 4.52 Å². The summed E-state index contributed by atoms with van der Waals surface area (Å²) < 4.78 is 4.79. The van der Waals surface area contributed by atoms with Crippen molar-refractivity contribution in [3.05, 3.63) is 11.7 Å². The molecule has 2 atom stereocenters. The molecule has 0 aliphatic carbocycles. The Hall–Kier alpha value is -2.16. The number of aliphatic carboxylic acids is 1. The number of likely N-dealkylation sites (tertiary alicyclic amines) is 1. The number of carboxylic acid groups (broad SMARTS) is 1. The highest BCUT2D eigenvalue weighted by Crippen LogP contribution is 2.17. The van der Waals surface area contributed by atoms with Crippen molar-refractivity contribution in [2.45, 2.75) is 31.9 Å². The monoisotopic (exact) mass is 284 g/mol. The van der Waals surface area contributed by atoms with E-state index < -0.39 is 24.1 Å². The highest BCUT2D eigenvalue weighted by Gasteiger charge is 2.38. The third-order valence-electron chi connectivity index (χ3n) is 3.02. The van der Waals surface area contributed by atoms with Crippen molar-refractivity contribution < 1.29 is 24.3 Å². The molecule has 0 aromatic carbocycles. The number of carboxylic acids is 1. The highest BCUT2D eigenvalue weighted by atomic mass is 16.5. The molecule has 2 amide bonds. The number of aryl methyl sites for hydroxylation is 1. The lowest BCUT2D eigenvalue weighted by Crippen LogP contribution is -2.46. The summed E-state index contributed by atoms with van der Waals surface area (Å²) in [5.74, 6) is -0.204. The number of carbonyl (C=O) groups excluding carboxylic acids is 1. The molecule has 0 radical (unpaired) electrons. The number of hydrogen-bond donors (Lipinski definition) is 3. The van der Waals surface area contributed by atoms with E-state index in [2.05, 4.69) is 15.5 Å². The van der Waals surface area contributed by atoms with Crippen molar-refractivity contribution in [2.75, 3.05) is 13.1 Å². The number of aliphatic hydroxyl groups is 1. The van der Waals surface area contributed by atoms with Crippen LogP contribution in [-0.4, -0.2) is 62.5 Å². The Morgan fingerprint density at radius 2 is 2.30 bits per heavy atom. The molecular formula is C11H16N4O5. The van der Waals surface area contributed by atoms with E-state index in [9.17, 15) is 14.7 Å². The Balaban J connectivity index is 1.83. The molecule has 9 heteroatoms. The maximum Gasteiger partial charge on any atom is 0.326 e. The molecule has 0 unspecified atom stereocenters. The molecule has 20 heavy (non-hydrogen) atoms. The molecule has 2 heterocycles. The number of hydrogen-bond acceptors (Lipinski definition) is 6. The van der Waals surface area contributed by atoms with Crippen molar-refractivity contribution >= 4 is 12.0 Å². The number of aliphatic hydroxyl groups excluding tert-OH is 1. The maximum atomic E-state index is 11.9. The molecule has 0 saturated carbocycles. The molecular weight excluding hydrogens is 268 g/mol. The van der Waals surface area contributed by atoms with Gasteiger partial charge in [-0.05, 0) is 0 Å². The van der Waals surface area contributed by atoms with Gasteiger partial charge in [-0.15, -0.1) is 0 Å². The Labute approximate surface area is 114 Å². The number of aromatic nitrogens is 2. The molecule has 1 aliphatic rings. The summed E-state index contributed by atoms with van der Waals surface area (Å²) in [6, 6.07) is -1.51. The Morgan fingerprint density at radius 3 is 2.90 bits per heavy atom. The molecule has 1 aliphatic heterocycles.